The molecule has 0 bridgehead atoms. The SMILES string of the molecule is CCNCC(=O)Nc1cccc(C2OCCO2)c1. The van der Waals surface area contributed by atoms with Gasteiger partial charge < -0.3 is 20.1 Å². The summed E-state index contributed by atoms with van der Waals surface area (Å²) in [7, 11) is 0. The van der Waals surface area contributed by atoms with E-state index in [0.717, 1.165) is 17.8 Å². The molecule has 1 fully saturated rings. The molecule has 1 heterocycles. The van der Waals surface area contributed by atoms with Gasteiger partial charge >= 0.3 is 0 Å². The maximum atomic E-state index is 11.6. The van der Waals surface area contributed by atoms with E-state index in [4.69, 9.17) is 9.47 Å². The lowest BCUT2D eigenvalue weighted by atomic mass is 10.2. The van der Waals surface area contributed by atoms with Crippen LogP contribution in [0.2, 0.25) is 0 Å². The minimum atomic E-state index is -0.310. The maximum Gasteiger partial charge on any atom is 0.238 e. The third-order valence-electron chi connectivity index (χ3n) is 2.60. The fourth-order valence-corrected chi connectivity index (χ4v) is 1.76. The van der Waals surface area contributed by atoms with Crippen LogP contribution < -0.4 is 10.6 Å². The van der Waals surface area contributed by atoms with Crippen molar-refractivity contribution in [3.63, 3.8) is 0 Å². The van der Waals surface area contributed by atoms with Gasteiger partial charge in [-0.05, 0) is 18.7 Å². The van der Waals surface area contributed by atoms with Gasteiger partial charge in [-0.3, -0.25) is 4.79 Å². The van der Waals surface area contributed by atoms with Gasteiger partial charge in [0.05, 0.1) is 19.8 Å². The van der Waals surface area contributed by atoms with E-state index in [9.17, 15) is 4.79 Å². The molecule has 98 valence electrons. The van der Waals surface area contributed by atoms with Crippen molar-refractivity contribution < 1.29 is 14.3 Å². The van der Waals surface area contributed by atoms with E-state index in [1.54, 1.807) is 0 Å². The highest BCUT2D eigenvalue weighted by atomic mass is 16.7. The number of rotatable bonds is 5. The summed E-state index contributed by atoms with van der Waals surface area (Å²) in [5, 5.41) is 5.80. The van der Waals surface area contributed by atoms with E-state index in [-0.39, 0.29) is 12.2 Å². The predicted octanol–water partition coefficient (Wildman–Crippen LogP) is 1.28. The molecule has 2 N–H and O–H groups in total. The number of hydrogen-bond donors (Lipinski definition) is 2. The summed E-state index contributed by atoms with van der Waals surface area (Å²) in [4.78, 5) is 11.6. The summed E-state index contributed by atoms with van der Waals surface area (Å²) in [5.74, 6) is -0.0535. The third kappa shape index (κ3) is 3.53. The zero-order valence-corrected chi connectivity index (χ0v) is 10.4. The zero-order chi connectivity index (χ0) is 12.8. The molecule has 0 spiro atoms. The first-order valence-electron chi connectivity index (χ1n) is 6.13. The summed E-state index contributed by atoms with van der Waals surface area (Å²) in [6.45, 7) is 4.28. The topological polar surface area (TPSA) is 59.6 Å². The van der Waals surface area contributed by atoms with E-state index in [1.807, 2.05) is 31.2 Å². The molecule has 1 aliphatic heterocycles. The molecule has 0 radical (unpaired) electrons. The molecule has 0 atom stereocenters. The molecule has 18 heavy (non-hydrogen) atoms. The Balaban J connectivity index is 1.96. The maximum absolute atomic E-state index is 11.6. The van der Waals surface area contributed by atoms with Crippen molar-refractivity contribution in [1.29, 1.82) is 0 Å². The van der Waals surface area contributed by atoms with Crippen molar-refractivity contribution in [3.05, 3.63) is 29.8 Å². The van der Waals surface area contributed by atoms with E-state index >= 15 is 0 Å². The summed E-state index contributed by atoms with van der Waals surface area (Å²) in [6, 6.07) is 7.53. The third-order valence-corrected chi connectivity index (χ3v) is 2.60. The Kier molecular flexibility index (Phi) is 4.69. The normalized spacial score (nSPS) is 15.8. The van der Waals surface area contributed by atoms with E-state index in [1.165, 1.54) is 0 Å². The van der Waals surface area contributed by atoms with Crippen molar-refractivity contribution >= 4 is 11.6 Å². The molecule has 1 amide bonds. The number of likely N-dealkylation sites (N-methyl/N-ethyl adjacent to an activating group) is 1. The number of nitrogens with one attached hydrogen (secondary N) is 2. The van der Waals surface area contributed by atoms with E-state index in [2.05, 4.69) is 10.6 Å². The van der Waals surface area contributed by atoms with Crippen LogP contribution in [0.1, 0.15) is 18.8 Å². The van der Waals surface area contributed by atoms with Gasteiger partial charge in [-0.2, -0.15) is 0 Å². The predicted molar refractivity (Wildman–Crippen MR) is 68.3 cm³/mol. The van der Waals surface area contributed by atoms with Gasteiger partial charge in [-0.25, -0.2) is 0 Å². The van der Waals surface area contributed by atoms with Crippen molar-refractivity contribution in [1.82, 2.24) is 5.32 Å². The van der Waals surface area contributed by atoms with Crippen molar-refractivity contribution in [3.8, 4) is 0 Å². The van der Waals surface area contributed by atoms with Crippen molar-refractivity contribution in [2.45, 2.75) is 13.2 Å². The minimum Gasteiger partial charge on any atom is -0.346 e. The number of benzene rings is 1. The van der Waals surface area contributed by atoms with Gasteiger partial charge in [0.1, 0.15) is 0 Å². The van der Waals surface area contributed by atoms with E-state index < -0.39 is 0 Å². The molecule has 1 saturated heterocycles. The molecule has 2 rings (SSSR count). The quantitative estimate of drug-likeness (QED) is 0.826. The highest BCUT2D eigenvalue weighted by Crippen LogP contribution is 2.25. The standard InChI is InChI=1S/C13H18N2O3/c1-2-14-9-12(16)15-11-5-3-4-10(8-11)13-17-6-7-18-13/h3-5,8,13-14H,2,6-7,9H2,1H3,(H,15,16). The molecule has 0 aliphatic carbocycles. The second-order valence-electron chi connectivity index (χ2n) is 4.03. The Morgan fingerprint density at radius 1 is 1.39 bits per heavy atom. The average molecular weight is 250 g/mol. The molecule has 5 heteroatoms. The fraction of sp³-hybridized carbons (Fsp3) is 0.462. The van der Waals surface area contributed by atoms with Gasteiger partial charge in [0, 0.05) is 11.3 Å². The van der Waals surface area contributed by atoms with Gasteiger partial charge in [-0.1, -0.05) is 19.1 Å². The molecule has 0 unspecified atom stereocenters. The Morgan fingerprint density at radius 3 is 2.89 bits per heavy atom. The van der Waals surface area contributed by atoms with Crippen LogP contribution >= 0.6 is 0 Å². The molecule has 0 aromatic heterocycles. The Labute approximate surface area is 106 Å². The van der Waals surface area contributed by atoms with E-state index in [0.29, 0.717) is 19.8 Å². The number of carbonyl (C=O) groups excluding carboxylic acids is 1. The molecule has 1 aromatic carbocycles. The second kappa shape index (κ2) is 6.49. The first-order chi connectivity index (χ1) is 8.79. The summed E-state index contributed by atoms with van der Waals surface area (Å²) < 4.78 is 10.8. The fourth-order valence-electron chi connectivity index (χ4n) is 1.76. The first kappa shape index (κ1) is 13.0. The molecule has 0 saturated carbocycles. The average Bonchev–Trinajstić information content (AvgIpc) is 2.90. The number of anilines is 1. The first-order valence-corrected chi connectivity index (χ1v) is 6.13. The van der Waals surface area contributed by atoms with Crippen molar-refractivity contribution in [2.75, 3.05) is 31.6 Å². The van der Waals surface area contributed by atoms with Gasteiger partial charge in [-0.15, -0.1) is 0 Å². The zero-order valence-electron chi connectivity index (χ0n) is 10.4. The Morgan fingerprint density at radius 2 is 2.17 bits per heavy atom. The van der Waals surface area contributed by atoms with Gasteiger partial charge in [0.25, 0.3) is 0 Å². The molecule has 1 aliphatic rings. The molecule has 5 nitrogen and oxygen atoms in total. The van der Waals surface area contributed by atoms with Crippen LogP contribution in [0, 0.1) is 0 Å². The highest BCUT2D eigenvalue weighted by molar-refractivity contribution is 5.92. The van der Waals surface area contributed by atoms with Crippen LogP contribution in [0.3, 0.4) is 0 Å². The lowest BCUT2D eigenvalue weighted by Crippen LogP contribution is -2.27. The Hall–Kier alpha value is -1.43. The van der Waals surface area contributed by atoms with Crippen LogP contribution in [0.4, 0.5) is 5.69 Å². The minimum absolute atomic E-state index is 0.0535. The van der Waals surface area contributed by atoms with Crippen LogP contribution in [0.25, 0.3) is 0 Å². The van der Waals surface area contributed by atoms with Crippen molar-refractivity contribution in [2.24, 2.45) is 0 Å². The lowest BCUT2D eigenvalue weighted by molar-refractivity contribution is -0.115. The van der Waals surface area contributed by atoms with Gasteiger partial charge in [0.15, 0.2) is 6.29 Å². The van der Waals surface area contributed by atoms with Gasteiger partial charge in [0.2, 0.25) is 5.91 Å². The molecular weight excluding hydrogens is 232 g/mol. The number of hydrogen-bond acceptors (Lipinski definition) is 4. The number of ether oxygens (including phenoxy) is 2. The smallest absolute Gasteiger partial charge is 0.238 e. The van der Waals surface area contributed by atoms with Crippen LogP contribution in [-0.4, -0.2) is 32.2 Å². The monoisotopic (exact) mass is 250 g/mol. The number of carbonyl (C=O) groups is 1. The Bertz CT molecular complexity index is 403. The second-order valence-corrected chi connectivity index (χ2v) is 4.03. The van der Waals surface area contributed by atoms with Crippen LogP contribution in [0.15, 0.2) is 24.3 Å². The molecule has 1 aromatic rings. The summed E-state index contributed by atoms with van der Waals surface area (Å²) >= 11 is 0. The van der Waals surface area contributed by atoms with Crippen LogP contribution in [0.5, 0.6) is 0 Å². The summed E-state index contributed by atoms with van der Waals surface area (Å²) in [5.41, 5.74) is 1.68. The lowest BCUT2D eigenvalue weighted by Gasteiger charge is -2.11. The largest absolute Gasteiger partial charge is 0.346 e. The summed E-state index contributed by atoms with van der Waals surface area (Å²) in [6.07, 6.45) is -0.310. The molecular formula is C13H18N2O3. The highest BCUT2D eigenvalue weighted by Gasteiger charge is 2.18. The van der Waals surface area contributed by atoms with Crippen LogP contribution in [-0.2, 0) is 14.3 Å². The number of amides is 1.